The van der Waals surface area contributed by atoms with Crippen molar-refractivity contribution in [1.82, 2.24) is 9.88 Å². The number of likely N-dealkylation sites (tertiary alicyclic amines) is 1. The predicted octanol–water partition coefficient (Wildman–Crippen LogP) is 1.73. The minimum atomic E-state index is -0.0668. The van der Waals surface area contributed by atoms with Crippen molar-refractivity contribution in [2.75, 3.05) is 19.7 Å². The topological polar surface area (TPSA) is 66.2 Å². The first kappa shape index (κ1) is 14.5. The van der Waals surface area contributed by atoms with Crippen LogP contribution >= 0.6 is 0 Å². The van der Waals surface area contributed by atoms with Gasteiger partial charge in [-0.2, -0.15) is 5.26 Å². The Balaban J connectivity index is 1.85. The van der Waals surface area contributed by atoms with Gasteiger partial charge in [0.2, 0.25) is 0 Å². The summed E-state index contributed by atoms with van der Waals surface area (Å²) in [4.78, 5) is 17.9. The van der Waals surface area contributed by atoms with E-state index < -0.39 is 0 Å². The molecule has 1 fully saturated rings. The van der Waals surface area contributed by atoms with Crippen LogP contribution in [0.5, 0.6) is 0 Å². The zero-order valence-electron chi connectivity index (χ0n) is 11.7. The molecule has 0 saturated carbocycles. The fourth-order valence-electron chi connectivity index (χ4n) is 2.48. The SMILES string of the molecule is CCOC(=O)C1CCN(Cc2ccnc(C#N)c2)CC1. The first-order chi connectivity index (χ1) is 9.72. The van der Waals surface area contributed by atoms with Crippen LogP contribution in [0.3, 0.4) is 0 Å². The minimum Gasteiger partial charge on any atom is -0.466 e. The summed E-state index contributed by atoms with van der Waals surface area (Å²) in [5, 5.41) is 8.84. The maximum absolute atomic E-state index is 11.7. The molecule has 5 nitrogen and oxygen atoms in total. The lowest BCUT2D eigenvalue weighted by atomic mass is 9.96. The number of piperidine rings is 1. The summed E-state index contributed by atoms with van der Waals surface area (Å²) in [6.07, 6.45) is 3.35. The lowest BCUT2D eigenvalue weighted by Gasteiger charge is -2.30. The zero-order valence-corrected chi connectivity index (χ0v) is 11.7. The average molecular weight is 273 g/mol. The van der Waals surface area contributed by atoms with Crippen LogP contribution < -0.4 is 0 Å². The molecular weight excluding hydrogens is 254 g/mol. The van der Waals surface area contributed by atoms with E-state index in [4.69, 9.17) is 10.00 Å². The van der Waals surface area contributed by atoms with Crippen molar-refractivity contribution < 1.29 is 9.53 Å². The lowest BCUT2D eigenvalue weighted by Crippen LogP contribution is -2.36. The Morgan fingerprint density at radius 1 is 1.55 bits per heavy atom. The second-order valence-electron chi connectivity index (χ2n) is 4.96. The second-order valence-corrected chi connectivity index (χ2v) is 4.96. The van der Waals surface area contributed by atoms with Gasteiger partial charge in [0.1, 0.15) is 11.8 Å². The number of carbonyl (C=O) groups is 1. The Labute approximate surface area is 119 Å². The first-order valence-electron chi connectivity index (χ1n) is 6.97. The van der Waals surface area contributed by atoms with Crippen LogP contribution in [0.2, 0.25) is 0 Å². The number of nitriles is 1. The van der Waals surface area contributed by atoms with Crippen molar-refractivity contribution in [2.24, 2.45) is 5.92 Å². The number of rotatable bonds is 4. The fraction of sp³-hybridized carbons (Fsp3) is 0.533. The fourth-order valence-corrected chi connectivity index (χ4v) is 2.48. The van der Waals surface area contributed by atoms with Gasteiger partial charge in [-0.3, -0.25) is 9.69 Å². The molecule has 2 rings (SSSR count). The van der Waals surface area contributed by atoms with Gasteiger partial charge in [-0.25, -0.2) is 4.98 Å². The molecule has 0 amide bonds. The number of nitrogens with zero attached hydrogens (tertiary/aromatic N) is 3. The zero-order chi connectivity index (χ0) is 14.4. The number of carbonyl (C=O) groups excluding carboxylic acids is 1. The van der Waals surface area contributed by atoms with Crippen LogP contribution in [0.1, 0.15) is 31.0 Å². The molecule has 106 valence electrons. The standard InChI is InChI=1S/C15H19N3O2/c1-2-20-15(19)13-4-7-18(8-5-13)11-12-3-6-17-14(9-12)10-16/h3,6,9,13H,2,4-5,7-8,11H2,1H3. The molecule has 0 bridgehead atoms. The molecule has 2 heterocycles. The van der Waals surface area contributed by atoms with Crippen molar-refractivity contribution in [3.05, 3.63) is 29.6 Å². The molecule has 0 aromatic carbocycles. The maximum atomic E-state index is 11.7. The maximum Gasteiger partial charge on any atom is 0.309 e. The van der Waals surface area contributed by atoms with Gasteiger partial charge in [0.05, 0.1) is 12.5 Å². The van der Waals surface area contributed by atoms with Crippen LogP contribution in [0.25, 0.3) is 0 Å². The molecule has 0 atom stereocenters. The van der Waals surface area contributed by atoms with Crippen LogP contribution in [-0.2, 0) is 16.1 Å². The van der Waals surface area contributed by atoms with Gasteiger partial charge in [-0.1, -0.05) is 0 Å². The largest absolute Gasteiger partial charge is 0.466 e. The third-order valence-electron chi connectivity index (χ3n) is 3.55. The van der Waals surface area contributed by atoms with E-state index >= 15 is 0 Å². The van der Waals surface area contributed by atoms with E-state index in [-0.39, 0.29) is 11.9 Å². The molecular formula is C15H19N3O2. The van der Waals surface area contributed by atoms with Crippen LogP contribution in [0, 0.1) is 17.2 Å². The van der Waals surface area contributed by atoms with Gasteiger partial charge in [0.15, 0.2) is 0 Å². The Hall–Kier alpha value is -1.93. The number of ether oxygens (including phenoxy) is 1. The molecule has 1 aliphatic rings. The van der Waals surface area contributed by atoms with E-state index in [0.717, 1.165) is 38.0 Å². The molecule has 0 aliphatic carbocycles. The van der Waals surface area contributed by atoms with Gasteiger partial charge in [-0.15, -0.1) is 0 Å². The molecule has 0 unspecified atom stereocenters. The van der Waals surface area contributed by atoms with E-state index in [0.29, 0.717) is 12.3 Å². The smallest absolute Gasteiger partial charge is 0.309 e. The summed E-state index contributed by atoms with van der Waals surface area (Å²) >= 11 is 0. The van der Waals surface area contributed by atoms with Crippen molar-refractivity contribution in [3.63, 3.8) is 0 Å². The van der Waals surface area contributed by atoms with E-state index in [9.17, 15) is 4.79 Å². The van der Waals surface area contributed by atoms with E-state index in [1.165, 1.54) is 0 Å². The molecule has 1 aromatic rings. The van der Waals surface area contributed by atoms with Crippen LogP contribution in [0.15, 0.2) is 18.3 Å². The highest BCUT2D eigenvalue weighted by Crippen LogP contribution is 2.20. The highest BCUT2D eigenvalue weighted by molar-refractivity contribution is 5.72. The number of aromatic nitrogens is 1. The minimum absolute atomic E-state index is 0.0401. The first-order valence-corrected chi connectivity index (χ1v) is 6.97. The summed E-state index contributed by atoms with van der Waals surface area (Å²) in [5.74, 6) is -0.0267. The molecule has 0 spiro atoms. The van der Waals surface area contributed by atoms with Crippen molar-refractivity contribution in [3.8, 4) is 6.07 Å². The highest BCUT2D eigenvalue weighted by Gasteiger charge is 2.25. The third kappa shape index (κ3) is 3.78. The Morgan fingerprint density at radius 3 is 2.95 bits per heavy atom. The van der Waals surface area contributed by atoms with E-state index in [2.05, 4.69) is 9.88 Å². The summed E-state index contributed by atoms with van der Waals surface area (Å²) in [6, 6.07) is 5.80. The van der Waals surface area contributed by atoms with E-state index in [1.54, 1.807) is 6.20 Å². The molecule has 20 heavy (non-hydrogen) atoms. The number of pyridine rings is 1. The van der Waals surface area contributed by atoms with Gasteiger partial charge in [-0.05, 0) is 50.6 Å². The van der Waals surface area contributed by atoms with Crippen LogP contribution in [0.4, 0.5) is 0 Å². The van der Waals surface area contributed by atoms with Gasteiger partial charge in [0, 0.05) is 12.7 Å². The molecule has 5 heteroatoms. The number of hydrogen-bond donors (Lipinski definition) is 0. The van der Waals surface area contributed by atoms with Crippen molar-refractivity contribution in [1.29, 1.82) is 5.26 Å². The monoisotopic (exact) mass is 273 g/mol. The van der Waals surface area contributed by atoms with Gasteiger partial charge < -0.3 is 4.74 Å². The van der Waals surface area contributed by atoms with Gasteiger partial charge >= 0.3 is 5.97 Å². The summed E-state index contributed by atoms with van der Waals surface area (Å²) < 4.78 is 5.06. The molecule has 0 radical (unpaired) electrons. The normalized spacial score (nSPS) is 16.6. The Kier molecular flexibility index (Phi) is 5.08. The quantitative estimate of drug-likeness (QED) is 0.782. The van der Waals surface area contributed by atoms with Crippen molar-refractivity contribution in [2.45, 2.75) is 26.3 Å². The van der Waals surface area contributed by atoms with Crippen LogP contribution in [-0.4, -0.2) is 35.5 Å². The predicted molar refractivity (Wildman–Crippen MR) is 73.6 cm³/mol. The molecule has 1 aliphatic heterocycles. The molecule has 1 aromatic heterocycles. The van der Waals surface area contributed by atoms with Gasteiger partial charge in [0.25, 0.3) is 0 Å². The van der Waals surface area contributed by atoms with E-state index in [1.807, 2.05) is 25.1 Å². The summed E-state index contributed by atoms with van der Waals surface area (Å²) in [6.45, 7) is 4.85. The molecule has 0 N–H and O–H groups in total. The molecule has 1 saturated heterocycles. The third-order valence-corrected chi connectivity index (χ3v) is 3.55. The summed E-state index contributed by atoms with van der Waals surface area (Å²) in [5.41, 5.74) is 1.54. The lowest BCUT2D eigenvalue weighted by molar-refractivity contribution is -0.149. The highest BCUT2D eigenvalue weighted by atomic mass is 16.5. The Morgan fingerprint density at radius 2 is 2.30 bits per heavy atom. The summed E-state index contributed by atoms with van der Waals surface area (Å²) in [7, 11) is 0. The van der Waals surface area contributed by atoms with Crippen molar-refractivity contribution >= 4 is 5.97 Å². The number of hydrogen-bond acceptors (Lipinski definition) is 5. The second kappa shape index (κ2) is 7.01. The number of esters is 1. The Bertz CT molecular complexity index is 502. The average Bonchev–Trinajstić information content (AvgIpc) is 2.48.